The number of carbonyl (C=O) groups excluding carboxylic acids is 2. The summed E-state index contributed by atoms with van der Waals surface area (Å²) in [5.74, 6) is -2.25. The fourth-order valence-electron chi connectivity index (χ4n) is 2.12. The zero-order valence-corrected chi connectivity index (χ0v) is 14.2. The first-order valence-electron chi connectivity index (χ1n) is 8.11. The molecule has 0 bridgehead atoms. The van der Waals surface area contributed by atoms with E-state index < -0.39 is 35.9 Å². The van der Waals surface area contributed by atoms with Crippen molar-refractivity contribution in [1.29, 1.82) is 0 Å². The monoisotopic (exact) mass is 354 g/mol. The van der Waals surface area contributed by atoms with Crippen molar-refractivity contribution in [1.82, 2.24) is 20.6 Å². The molecule has 0 aromatic carbocycles. The minimum absolute atomic E-state index is 0.138. The molecule has 0 aliphatic heterocycles. The molecular formula is C15H26N6O4. The first-order chi connectivity index (χ1) is 11.8. The van der Waals surface area contributed by atoms with Gasteiger partial charge >= 0.3 is 5.97 Å². The van der Waals surface area contributed by atoms with E-state index in [-0.39, 0.29) is 6.42 Å². The lowest BCUT2D eigenvalue weighted by molar-refractivity contribution is -0.141. The predicted octanol–water partition coefficient (Wildman–Crippen LogP) is -1.52. The van der Waals surface area contributed by atoms with Crippen LogP contribution >= 0.6 is 0 Å². The van der Waals surface area contributed by atoms with Crippen molar-refractivity contribution in [2.75, 3.05) is 6.54 Å². The number of imidazole rings is 1. The van der Waals surface area contributed by atoms with Gasteiger partial charge in [0.15, 0.2) is 0 Å². The fourth-order valence-corrected chi connectivity index (χ4v) is 2.12. The zero-order chi connectivity index (χ0) is 18.8. The first-order valence-corrected chi connectivity index (χ1v) is 8.11. The average Bonchev–Trinajstić information content (AvgIpc) is 3.07. The van der Waals surface area contributed by atoms with Gasteiger partial charge in [0.2, 0.25) is 11.8 Å². The normalized spacial score (nSPS) is 14.4. The van der Waals surface area contributed by atoms with E-state index in [1.165, 1.54) is 19.4 Å². The van der Waals surface area contributed by atoms with E-state index in [0.29, 0.717) is 25.1 Å². The summed E-state index contributed by atoms with van der Waals surface area (Å²) < 4.78 is 0. The van der Waals surface area contributed by atoms with Crippen LogP contribution < -0.4 is 22.1 Å². The standard InChI is InChI=1S/C15H26N6O4/c1-9(15(24)25)20-14(23)12(6-10-7-18-8-19-10)21-13(22)11(17)4-2-3-5-16/h7-9,11-12H,2-6,16-17H2,1H3,(H,18,19)(H,20,23)(H,21,22)(H,24,25). The number of hydrogen-bond acceptors (Lipinski definition) is 6. The maximum Gasteiger partial charge on any atom is 0.325 e. The molecule has 1 aromatic rings. The molecule has 0 saturated carbocycles. The maximum absolute atomic E-state index is 12.3. The number of hydrogen-bond donors (Lipinski definition) is 6. The molecule has 3 unspecified atom stereocenters. The second-order valence-corrected chi connectivity index (χ2v) is 5.80. The van der Waals surface area contributed by atoms with Crippen molar-refractivity contribution in [3.63, 3.8) is 0 Å². The largest absolute Gasteiger partial charge is 0.480 e. The molecule has 0 aliphatic rings. The van der Waals surface area contributed by atoms with Crippen molar-refractivity contribution < 1.29 is 19.5 Å². The number of nitrogens with one attached hydrogen (secondary N) is 3. The van der Waals surface area contributed by atoms with E-state index in [4.69, 9.17) is 16.6 Å². The number of unbranched alkanes of at least 4 members (excludes halogenated alkanes) is 1. The summed E-state index contributed by atoms with van der Waals surface area (Å²) in [6.07, 6.45) is 5.03. The molecule has 0 saturated heterocycles. The van der Waals surface area contributed by atoms with E-state index >= 15 is 0 Å². The Morgan fingerprint density at radius 1 is 1.28 bits per heavy atom. The van der Waals surface area contributed by atoms with E-state index in [9.17, 15) is 14.4 Å². The topological polar surface area (TPSA) is 176 Å². The highest BCUT2D eigenvalue weighted by molar-refractivity contribution is 5.91. The molecule has 1 rings (SSSR count). The summed E-state index contributed by atoms with van der Waals surface area (Å²) in [6, 6.07) is -2.80. The highest BCUT2D eigenvalue weighted by atomic mass is 16.4. The number of nitrogens with two attached hydrogens (primary N) is 2. The number of amides is 2. The summed E-state index contributed by atoms with van der Waals surface area (Å²) in [5.41, 5.74) is 11.9. The Bertz CT molecular complexity index is 562. The highest BCUT2D eigenvalue weighted by Gasteiger charge is 2.26. The van der Waals surface area contributed by atoms with Crippen LogP contribution in [0.1, 0.15) is 31.9 Å². The fraction of sp³-hybridized carbons (Fsp3) is 0.600. The molecule has 3 atom stereocenters. The molecular weight excluding hydrogens is 328 g/mol. The van der Waals surface area contributed by atoms with Crippen molar-refractivity contribution >= 4 is 17.8 Å². The second kappa shape index (κ2) is 10.4. The molecule has 25 heavy (non-hydrogen) atoms. The molecule has 8 N–H and O–H groups in total. The van der Waals surface area contributed by atoms with Gasteiger partial charge in [0.05, 0.1) is 12.4 Å². The van der Waals surface area contributed by atoms with Crippen LogP contribution in [0.15, 0.2) is 12.5 Å². The van der Waals surface area contributed by atoms with Crippen LogP contribution in [-0.4, -0.2) is 57.5 Å². The summed E-state index contributed by atoms with van der Waals surface area (Å²) in [7, 11) is 0. The van der Waals surface area contributed by atoms with Gasteiger partial charge in [-0.1, -0.05) is 6.42 Å². The molecule has 140 valence electrons. The molecule has 10 nitrogen and oxygen atoms in total. The van der Waals surface area contributed by atoms with Crippen LogP contribution in [0.4, 0.5) is 0 Å². The van der Waals surface area contributed by atoms with Gasteiger partial charge in [-0.15, -0.1) is 0 Å². The molecule has 10 heteroatoms. The summed E-state index contributed by atoms with van der Waals surface area (Å²) in [5, 5.41) is 13.8. The van der Waals surface area contributed by atoms with Gasteiger partial charge in [0, 0.05) is 18.3 Å². The smallest absolute Gasteiger partial charge is 0.325 e. The SMILES string of the molecule is CC(NC(=O)C(Cc1cnc[nH]1)NC(=O)C(N)CCCCN)C(=O)O. The number of aromatic amines is 1. The van der Waals surface area contributed by atoms with Crippen LogP contribution in [0.2, 0.25) is 0 Å². The second-order valence-electron chi connectivity index (χ2n) is 5.80. The van der Waals surface area contributed by atoms with Crippen molar-refractivity contribution in [2.24, 2.45) is 11.5 Å². The number of rotatable bonds is 11. The third-order valence-corrected chi connectivity index (χ3v) is 3.65. The van der Waals surface area contributed by atoms with E-state index in [2.05, 4.69) is 20.6 Å². The highest BCUT2D eigenvalue weighted by Crippen LogP contribution is 2.03. The molecule has 1 aromatic heterocycles. The maximum atomic E-state index is 12.3. The number of carbonyl (C=O) groups is 3. The van der Waals surface area contributed by atoms with Crippen LogP contribution in [0.3, 0.4) is 0 Å². The Hall–Kier alpha value is -2.46. The Labute approximate surface area is 145 Å². The van der Waals surface area contributed by atoms with Gasteiger partial charge < -0.3 is 32.2 Å². The predicted molar refractivity (Wildman–Crippen MR) is 90.3 cm³/mol. The van der Waals surface area contributed by atoms with E-state index in [1.807, 2.05) is 0 Å². The number of aromatic nitrogens is 2. The molecule has 0 fully saturated rings. The quantitative estimate of drug-likeness (QED) is 0.261. The molecule has 1 heterocycles. The molecule has 2 amide bonds. The molecule has 0 aliphatic carbocycles. The lowest BCUT2D eigenvalue weighted by Gasteiger charge is -2.21. The zero-order valence-electron chi connectivity index (χ0n) is 14.2. The van der Waals surface area contributed by atoms with Crippen molar-refractivity contribution in [2.45, 2.75) is 50.7 Å². The number of nitrogens with zero attached hydrogens (tertiary/aromatic N) is 1. The van der Waals surface area contributed by atoms with Gasteiger partial charge in [-0.3, -0.25) is 14.4 Å². The van der Waals surface area contributed by atoms with Gasteiger partial charge in [-0.05, 0) is 26.3 Å². The minimum atomic E-state index is -1.17. The Morgan fingerprint density at radius 2 is 2.00 bits per heavy atom. The first kappa shape index (κ1) is 20.6. The average molecular weight is 354 g/mol. The number of carboxylic acids is 1. The molecule has 0 radical (unpaired) electrons. The van der Waals surface area contributed by atoms with Crippen molar-refractivity contribution in [3.8, 4) is 0 Å². The number of H-pyrrole nitrogens is 1. The minimum Gasteiger partial charge on any atom is -0.480 e. The van der Waals surface area contributed by atoms with Gasteiger partial charge in [-0.25, -0.2) is 4.98 Å². The van der Waals surface area contributed by atoms with Crippen LogP contribution in [-0.2, 0) is 20.8 Å². The Balaban J connectivity index is 2.71. The van der Waals surface area contributed by atoms with E-state index in [1.54, 1.807) is 0 Å². The summed E-state index contributed by atoms with van der Waals surface area (Å²) in [4.78, 5) is 42.1. The Kier molecular flexibility index (Phi) is 8.57. The van der Waals surface area contributed by atoms with Gasteiger partial charge in [0.1, 0.15) is 12.1 Å². The van der Waals surface area contributed by atoms with Crippen LogP contribution in [0.25, 0.3) is 0 Å². The Morgan fingerprint density at radius 3 is 2.56 bits per heavy atom. The molecule has 0 spiro atoms. The summed E-state index contributed by atoms with van der Waals surface area (Å²) >= 11 is 0. The summed E-state index contributed by atoms with van der Waals surface area (Å²) in [6.45, 7) is 1.86. The lowest BCUT2D eigenvalue weighted by Crippen LogP contribution is -2.54. The van der Waals surface area contributed by atoms with Gasteiger partial charge in [-0.2, -0.15) is 0 Å². The van der Waals surface area contributed by atoms with E-state index in [0.717, 1.165) is 6.42 Å². The van der Waals surface area contributed by atoms with Crippen LogP contribution in [0.5, 0.6) is 0 Å². The lowest BCUT2D eigenvalue weighted by atomic mass is 10.1. The van der Waals surface area contributed by atoms with Gasteiger partial charge in [0.25, 0.3) is 0 Å². The number of aliphatic carboxylic acids is 1. The van der Waals surface area contributed by atoms with Crippen LogP contribution in [0, 0.1) is 0 Å². The number of carboxylic acid groups (broad SMARTS) is 1. The third-order valence-electron chi connectivity index (χ3n) is 3.65. The third kappa shape index (κ3) is 7.31. The van der Waals surface area contributed by atoms with Crippen molar-refractivity contribution in [3.05, 3.63) is 18.2 Å².